The fourth-order valence-electron chi connectivity index (χ4n) is 1.82. The van der Waals surface area contributed by atoms with Crippen molar-refractivity contribution in [3.05, 3.63) is 29.8 Å². The first kappa shape index (κ1) is 16.1. The number of fused-ring (bicyclic) bond motifs is 1. The first-order valence-electron chi connectivity index (χ1n) is 6.32. The topological polar surface area (TPSA) is 30.2 Å². The average Bonchev–Trinajstić information content (AvgIpc) is 2.78. The quantitative estimate of drug-likeness (QED) is 0.456. The Morgan fingerprint density at radius 2 is 2.11 bits per heavy atom. The summed E-state index contributed by atoms with van der Waals surface area (Å²) >= 11 is 1.64. The van der Waals surface area contributed by atoms with E-state index in [2.05, 4.69) is 13.0 Å². The Balaban J connectivity index is 0.00000180. The van der Waals surface area contributed by atoms with E-state index < -0.39 is 0 Å². The summed E-state index contributed by atoms with van der Waals surface area (Å²) in [5.74, 6) is -0.153. The van der Waals surface area contributed by atoms with Crippen molar-refractivity contribution in [2.75, 3.05) is 6.61 Å². The summed E-state index contributed by atoms with van der Waals surface area (Å²) in [6.07, 6.45) is 3.21. The standard InChI is InChI=1S/C14H18NO2S.BrH/c1-2-3-6-9-17-14(16)10-15-11-18-13-8-5-4-7-12(13)15;/h4-5,7-8,11H,2-3,6,9-10H2,1H3;1H/q+1;. The normalized spacial score (nSPS) is 10.2. The molecule has 0 aliphatic heterocycles. The van der Waals surface area contributed by atoms with Crippen molar-refractivity contribution in [3.63, 3.8) is 0 Å². The van der Waals surface area contributed by atoms with Crippen LogP contribution in [0.4, 0.5) is 0 Å². The van der Waals surface area contributed by atoms with Crippen LogP contribution in [0.15, 0.2) is 29.8 Å². The van der Waals surface area contributed by atoms with Crippen molar-refractivity contribution in [3.8, 4) is 0 Å². The SMILES string of the molecule is Br.CCCCCOC(=O)C[n+]1csc2ccccc21. The largest absolute Gasteiger partial charge is 0.461 e. The average molecular weight is 345 g/mol. The molecule has 5 heteroatoms. The number of ether oxygens (including phenoxy) is 1. The van der Waals surface area contributed by atoms with Gasteiger partial charge >= 0.3 is 5.97 Å². The molecule has 0 saturated heterocycles. The van der Waals surface area contributed by atoms with Crippen LogP contribution in [0.5, 0.6) is 0 Å². The number of esters is 1. The van der Waals surface area contributed by atoms with Crippen LogP contribution in [0.2, 0.25) is 0 Å². The van der Waals surface area contributed by atoms with Crippen LogP contribution < -0.4 is 4.57 Å². The molecule has 0 spiro atoms. The number of rotatable bonds is 6. The zero-order chi connectivity index (χ0) is 12.8. The number of carbonyl (C=O) groups is 1. The van der Waals surface area contributed by atoms with Crippen LogP contribution in [0.1, 0.15) is 26.2 Å². The van der Waals surface area contributed by atoms with Crippen molar-refractivity contribution in [1.29, 1.82) is 0 Å². The second-order valence-corrected chi connectivity index (χ2v) is 5.13. The van der Waals surface area contributed by atoms with E-state index in [1.807, 2.05) is 28.3 Å². The zero-order valence-corrected chi connectivity index (χ0v) is 13.5. The molecule has 0 fully saturated rings. The molecule has 1 aromatic carbocycles. The Kier molecular flexibility index (Phi) is 7.02. The number of halogens is 1. The van der Waals surface area contributed by atoms with Gasteiger partial charge in [0, 0.05) is 6.07 Å². The second-order valence-electron chi connectivity index (χ2n) is 4.25. The van der Waals surface area contributed by atoms with Gasteiger partial charge in [0.05, 0.1) is 6.61 Å². The van der Waals surface area contributed by atoms with E-state index in [-0.39, 0.29) is 23.0 Å². The molecule has 19 heavy (non-hydrogen) atoms. The number of nitrogens with zero attached hydrogens (tertiary/aromatic N) is 1. The fourth-order valence-corrected chi connectivity index (χ4v) is 2.71. The lowest BCUT2D eigenvalue weighted by Crippen LogP contribution is -2.37. The summed E-state index contributed by atoms with van der Waals surface area (Å²) in [6.45, 7) is 2.97. The van der Waals surface area contributed by atoms with Crippen LogP contribution in [-0.2, 0) is 16.1 Å². The Bertz CT molecular complexity index is 527. The number of thiazole rings is 1. The zero-order valence-electron chi connectivity index (χ0n) is 11.0. The Hall–Kier alpha value is -0.940. The van der Waals surface area contributed by atoms with Crippen molar-refractivity contribution in [2.45, 2.75) is 32.7 Å². The summed E-state index contributed by atoms with van der Waals surface area (Å²) in [4.78, 5) is 11.7. The smallest absolute Gasteiger partial charge is 0.372 e. The van der Waals surface area contributed by atoms with Gasteiger partial charge in [0.25, 0.3) is 0 Å². The number of para-hydroxylation sites is 1. The van der Waals surface area contributed by atoms with Crippen LogP contribution >= 0.6 is 28.3 Å². The van der Waals surface area contributed by atoms with Crippen LogP contribution in [0.3, 0.4) is 0 Å². The molecule has 104 valence electrons. The van der Waals surface area contributed by atoms with E-state index in [1.165, 1.54) is 4.70 Å². The van der Waals surface area contributed by atoms with Crippen molar-refractivity contribution >= 4 is 44.5 Å². The minimum Gasteiger partial charge on any atom is -0.461 e. The van der Waals surface area contributed by atoms with Crippen molar-refractivity contribution in [1.82, 2.24) is 0 Å². The first-order valence-corrected chi connectivity index (χ1v) is 7.20. The second kappa shape index (κ2) is 8.27. The van der Waals surface area contributed by atoms with E-state index in [9.17, 15) is 4.79 Å². The molecule has 0 radical (unpaired) electrons. The maximum absolute atomic E-state index is 11.7. The van der Waals surface area contributed by atoms with Gasteiger partial charge in [0.15, 0.2) is 0 Å². The molecule has 3 nitrogen and oxygen atoms in total. The molecule has 0 aliphatic rings. The number of benzene rings is 1. The number of unbranched alkanes of at least 4 members (excludes halogenated alkanes) is 2. The lowest BCUT2D eigenvalue weighted by molar-refractivity contribution is -0.655. The highest BCUT2D eigenvalue weighted by molar-refractivity contribution is 8.93. The third kappa shape index (κ3) is 4.58. The van der Waals surface area contributed by atoms with E-state index in [4.69, 9.17) is 4.74 Å². The fraction of sp³-hybridized carbons (Fsp3) is 0.429. The summed E-state index contributed by atoms with van der Waals surface area (Å²) < 4.78 is 8.35. The predicted octanol–water partition coefficient (Wildman–Crippen LogP) is 3.50. The summed E-state index contributed by atoms with van der Waals surface area (Å²) in [7, 11) is 0. The molecule has 0 unspecified atom stereocenters. The van der Waals surface area contributed by atoms with Gasteiger partial charge in [-0.1, -0.05) is 43.2 Å². The van der Waals surface area contributed by atoms with E-state index in [1.54, 1.807) is 11.3 Å². The monoisotopic (exact) mass is 344 g/mol. The molecular formula is C14H19BrNO2S+. The van der Waals surface area contributed by atoms with Gasteiger partial charge in [-0.05, 0) is 12.5 Å². The minimum atomic E-state index is -0.153. The first-order chi connectivity index (χ1) is 8.81. The van der Waals surface area contributed by atoms with Gasteiger partial charge < -0.3 is 4.74 Å². The lowest BCUT2D eigenvalue weighted by Gasteiger charge is -2.01. The highest BCUT2D eigenvalue weighted by Gasteiger charge is 2.16. The Morgan fingerprint density at radius 1 is 1.32 bits per heavy atom. The molecule has 0 saturated carbocycles. The molecule has 0 aliphatic carbocycles. The highest BCUT2D eigenvalue weighted by atomic mass is 79.9. The van der Waals surface area contributed by atoms with Gasteiger partial charge in [-0.2, -0.15) is 4.57 Å². The maximum atomic E-state index is 11.7. The maximum Gasteiger partial charge on any atom is 0.372 e. The molecule has 0 bridgehead atoms. The molecule has 0 atom stereocenters. The number of hydrogen-bond donors (Lipinski definition) is 0. The van der Waals surface area contributed by atoms with Gasteiger partial charge in [0.1, 0.15) is 4.70 Å². The molecule has 0 amide bonds. The lowest BCUT2D eigenvalue weighted by atomic mass is 10.3. The molecule has 2 rings (SSSR count). The number of aromatic nitrogens is 1. The van der Waals surface area contributed by atoms with E-state index >= 15 is 0 Å². The van der Waals surface area contributed by atoms with Gasteiger partial charge in [0.2, 0.25) is 17.6 Å². The van der Waals surface area contributed by atoms with Crippen LogP contribution in [0, 0.1) is 0 Å². The summed E-state index contributed by atoms with van der Waals surface area (Å²) in [5, 5.41) is 0. The number of hydrogen-bond acceptors (Lipinski definition) is 3. The van der Waals surface area contributed by atoms with E-state index in [0.717, 1.165) is 24.8 Å². The molecule has 1 heterocycles. The third-order valence-corrected chi connectivity index (χ3v) is 3.75. The third-order valence-electron chi connectivity index (χ3n) is 2.79. The predicted molar refractivity (Wildman–Crippen MR) is 82.8 cm³/mol. The van der Waals surface area contributed by atoms with E-state index in [0.29, 0.717) is 13.2 Å². The Labute approximate surface area is 128 Å². The number of carbonyl (C=O) groups excluding carboxylic acids is 1. The van der Waals surface area contributed by atoms with Crippen molar-refractivity contribution in [2.24, 2.45) is 0 Å². The summed E-state index contributed by atoms with van der Waals surface area (Å²) in [6, 6.07) is 8.07. The highest BCUT2D eigenvalue weighted by Crippen LogP contribution is 2.14. The molecule has 1 aromatic heterocycles. The van der Waals surface area contributed by atoms with Gasteiger partial charge in [-0.25, -0.2) is 4.79 Å². The minimum absolute atomic E-state index is 0. The van der Waals surface area contributed by atoms with Crippen molar-refractivity contribution < 1.29 is 14.1 Å². The molecular weight excluding hydrogens is 326 g/mol. The van der Waals surface area contributed by atoms with Gasteiger partial charge in [-0.15, -0.1) is 17.0 Å². The van der Waals surface area contributed by atoms with Crippen LogP contribution in [-0.4, -0.2) is 12.6 Å². The summed E-state index contributed by atoms with van der Waals surface area (Å²) in [5.41, 5.74) is 3.06. The van der Waals surface area contributed by atoms with Crippen LogP contribution in [0.25, 0.3) is 10.2 Å². The van der Waals surface area contributed by atoms with Gasteiger partial charge in [-0.3, -0.25) is 0 Å². The molecule has 0 N–H and O–H groups in total. The Morgan fingerprint density at radius 3 is 2.89 bits per heavy atom. The molecule has 2 aromatic rings.